The molecule has 1 heterocycles. The number of hydrogen-bond acceptors (Lipinski definition) is 1. The lowest BCUT2D eigenvalue weighted by Gasteiger charge is -2.45. The second-order valence-corrected chi connectivity index (χ2v) is 7.24. The molecule has 1 aliphatic rings. The van der Waals surface area contributed by atoms with Crippen LogP contribution in [0.2, 0.25) is 0 Å². The third-order valence-electron chi connectivity index (χ3n) is 3.48. The Morgan fingerprint density at radius 3 is 2.20 bits per heavy atom. The molecule has 0 aromatic rings. The van der Waals surface area contributed by atoms with Crippen LogP contribution in [0.3, 0.4) is 0 Å². The van der Waals surface area contributed by atoms with Crippen molar-refractivity contribution in [3.8, 4) is 0 Å². The Morgan fingerprint density at radius 2 is 1.73 bits per heavy atom. The quantitative estimate of drug-likeness (QED) is 0.669. The van der Waals surface area contributed by atoms with Crippen molar-refractivity contribution in [2.45, 2.75) is 66.3 Å². The van der Waals surface area contributed by atoms with Gasteiger partial charge in [-0.25, -0.2) is 0 Å². The van der Waals surface area contributed by atoms with E-state index in [4.69, 9.17) is 0 Å². The highest BCUT2D eigenvalue weighted by molar-refractivity contribution is 4.88. The van der Waals surface area contributed by atoms with Gasteiger partial charge in [0.1, 0.15) is 0 Å². The number of rotatable bonds is 2. The molecule has 1 atom stereocenters. The summed E-state index contributed by atoms with van der Waals surface area (Å²) in [6.45, 7) is 16.9. The van der Waals surface area contributed by atoms with Crippen LogP contribution in [0.1, 0.15) is 60.8 Å². The second-order valence-electron chi connectivity index (χ2n) is 7.24. The molecule has 0 N–H and O–H groups in total. The number of hydrogen-bond donors (Lipinski definition) is 0. The highest BCUT2D eigenvalue weighted by Crippen LogP contribution is 2.33. The molecule has 1 fully saturated rings. The Hall–Kier alpha value is -0.0400. The van der Waals surface area contributed by atoms with Crippen LogP contribution < -0.4 is 0 Å². The first-order valence-corrected chi connectivity index (χ1v) is 6.46. The van der Waals surface area contributed by atoms with E-state index in [9.17, 15) is 0 Å². The van der Waals surface area contributed by atoms with E-state index in [0.29, 0.717) is 11.0 Å². The minimum Gasteiger partial charge on any atom is -0.298 e. The Labute approximate surface area is 96.2 Å². The Balaban J connectivity index is 2.59. The monoisotopic (exact) mass is 211 g/mol. The summed E-state index contributed by atoms with van der Waals surface area (Å²) < 4.78 is 0. The predicted octanol–water partition coefficient (Wildman–Crippen LogP) is 3.93. The zero-order valence-electron chi connectivity index (χ0n) is 11.6. The summed E-state index contributed by atoms with van der Waals surface area (Å²) in [6.07, 6.45) is 4.09. The van der Waals surface area contributed by atoms with E-state index in [0.717, 1.165) is 5.92 Å². The summed E-state index contributed by atoms with van der Waals surface area (Å²) in [5, 5.41) is 0. The highest BCUT2D eigenvalue weighted by Gasteiger charge is 2.33. The van der Waals surface area contributed by atoms with Crippen molar-refractivity contribution < 1.29 is 0 Å². The maximum atomic E-state index is 2.70. The Morgan fingerprint density at radius 1 is 1.13 bits per heavy atom. The maximum absolute atomic E-state index is 2.70. The molecule has 0 aromatic carbocycles. The molecule has 0 bridgehead atoms. The maximum Gasteiger partial charge on any atom is 0.0158 e. The van der Waals surface area contributed by atoms with Crippen LogP contribution in [0.15, 0.2) is 0 Å². The summed E-state index contributed by atoms with van der Waals surface area (Å²) in [7, 11) is 0. The average molecular weight is 211 g/mol. The third-order valence-corrected chi connectivity index (χ3v) is 3.48. The van der Waals surface area contributed by atoms with Gasteiger partial charge in [0.25, 0.3) is 0 Å². The van der Waals surface area contributed by atoms with Gasteiger partial charge in [-0.05, 0) is 51.0 Å². The minimum atomic E-state index is 0.368. The standard InChI is InChI=1S/C14H29N/c1-12-8-7-9-15(10-12)14(5,6)11-13(2,3)4/h12H,7-11H2,1-6H3. The van der Waals surface area contributed by atoms with E-state index < -0.39 is 0 Å². The molecular formula is C14H29N. The molecule has 1 nitrogen and oxygen atoms in total. The molecule has 0 aliphatic carbocycles. The van der Waals surface area contributed by atoms with Gasteiger partial charge in [0.2, 0.25) is 0 Å². The smallest absolute Gasteiger partial charge is 0.0158 e. The molecule has 1 heteroatoms. The van der Waals surface area contributed by atoms with Crippen molar-refractivity contribution in [1.29, 1.82) is 0 Å². The van der Waals surface area contributed by atoms with E-state index in [1.807, 2.05) is 0 Å². The summed E-state index contributed by atoms with van der Waals surface area (Å²) in [5.41, 5.74) is 0.803. The lowest BCUT2D eigenvalue weighted by molar-refractivity contribution is 0.0413. The third kappa shape index (κ3) is 4.14. The summed E-state index contributed by atoms with van der Waals surface area (Å²) in [6, 6.07) is 0. The lowest BCUT2D eigenvalue weighted by atomic mass is 9.79. The molecule has 0 spiro atoms. The fourth-order valence-electron chi connectivity index (χ4n) is 3.15. The van der Waals surface area contributed by atoms with Gasteiger partial charge in [-0.3, -0.25) is 4.90 Å². The molecule has 0 aromatic heterocycles. The van der Waals surface area contributed by atoms with E-state index in [1.54, 1.807) is 0 Å². The van der Waals surface area contributed by atoms with Gasteiger partial charge < -0.3 is 0 Å². The molecule has 1 saturated heterocycles. The topological polar surface area (TPSA) is 3.24 Å². The number of piperidine rings is 1. The molecule has 15 heavy (non-hydrogen) atoms. The molecule has 1 unspecified atom stereocenters. The highest BCUT2D eigenvalue weighted by atomic mass is 15.2. The van der Waals surface area contributed by atoms with Crippen LogP contribution in [0, 0.1) is 11.3 Å². The molecular weight excluding hydrogens is 182 g/mol. The molecule has 0 saturated carbocycles. The van der Waals surface area contributed by atoms with Crippen LogP contribution in [0.25, 0.3) is 0 Å². The largest absolute Gasteiger partial charge is 0.298 e. The predicted molar refractivity (Wildman–Crippen MR) is 68.1 cm³/mol. The molecule has 0 radical (unpaired) electrons. The zero-order chi connectivity index (χ0) is 11.7. The first kappa shape index (κ1) is 13.0. The zero-order valence-corrected chi connectivity index (χ0v) is 11.6. The van der Waals surface area contributed by atoms with Gasteiger partial charge in [-0.1, -0.05) is 27.7 Å². The second kappa shape index (κ2) is 4.45. The van der Waals surface area contributed by atoms with Gasteiger partial charge >= 0.3 is 0 Å². The van der Waals surface area contributed by atoms with Crippen LogP contribution in [-0.2, 0) is 0 Å². The molecule has 90 valence electrons. The average Bonchev–Trinajstić information content (AvgIpc) is 1.99. The van der Waals surface area contributed by atoms with Crippen molar-refractivity contribution >= 4 is 0 Å². The van der Waals surface area contributed by atoms with Gasteiger partial charge in [0.05, 0.1) is 0 Å². The van der Waals surface area contributed by atoms with Crippen LogP contribution >= 0.6 is 0 Å². The lowest BCUT2D eigenvalue weighted by Crippen LogP contribution is -2.50. The van der Waals surface area contributed by atoms with E-state index in [2.05, 4.69) is 46.4 Å². The van der Waals surface area contributed by atoms with Gasteiger partial charge in [0, 0.05) is 12.1 Å². The van der Waals surface area contributed by atoms with Crippen molar-refractivity contribution in [3.63, 3.8) is 0 Å². The van der Waals surface area contributed by atoms with Crippen LogP contribution in [-0.4, -0.2) is 23.5 Å². The fraction of sp³-hybridized carbons (Fsp3) is 1.00. The number of nitrogens with zero attached hydrogens (tertiary/aromatic N) is 1. The summed E-state index contributed by atoms with van der Waals surface area (Å²) >= 11 is 0. The normalized spacial score (nSPS) is 25.6. The van der Waals surface area contributed by atoms with Crippen molar-refractivity contribution in [2.24, 2.45) is 11.3 Å². The van der Waals surface area contributed by atoms with Crippen LogP contribution in [0.5, 0.6) is 0 Å². The Bertz CT molecular complexity index is 200. The van der Waals surface area contributed by atoms with Crippen molar-refractivity contribution in [3.05, 3.63) is 0 Å². The first-order chi connectivity index (χ1) is 6.71. The molecule has 1 aliphatic heterocycles. The summed E-state index contributed by atoms with van der Waals surface area (Å²) in [4.78, 5) is 2.70. The van der Waals surface area contributed by atoms with E-state index >= 15 is 0 Å². The van der Waals surface area contributed by atoms with Crippen molar-refractivity contribution in [2.75, 3.05) is 13.1 Å². The van der Waals surface area contributed by atoms with Gasteiger partial charge in [0.15, 0.2) is 0 Å². The van der Waals surface area contributed by atoms with E-state index in [-0.39, 0.29) is 0 Å². The molecule has 1 rings (SSSR count). The van der Waals surface area contributed by atoms with Gasteiger partial charge in [-0.15, -0.1) is 0 Å². The van der Waals surface area contributed by atoms with E-state index in [1.165, 1.54) is 32.4 Å². The SMILES string of the molecule is CC1CCCN(C(C)(C)CC(C)(C)C)C1. The minimum absolute atomic E-state index is 0.368. The summed E-state index contributed by atoms with van der Waals surface area (Å²) in [5.74, 6) is 0.887. The number of likely N-dealkylation sites (tertiary alicyclic amines) is 1. The fourth-order valence-corrected chi connectivity index (χ4v) is 3.15. The first-order valence-electron chi connectivity index (χ1n) is 6.46. The van der Waals surface area contributed by atoms with Gasteiger partial charge in [-0.2, -0.15) is 0 Å². The Kier molecular flexibility index (Phi) is 3.86. The molecule has 0 amide bonds. The van der Waals surface area contributed by atoms with Crippen LogP contribution in [0.4, 0.5) is 0 Å². The van der Waals surface area contributed by atoms with Crippen molar-refractivity contribution in [1.82, 2.24) is 4.90 Å².